The lowest BCUT2D eigenvalue weighted by molar-refractivity contribution is 0.574. The van der Waals surface area contributed by atoms with Crippen molar-refractivity contribution >= 4 is 22.9 Å². The van der Waals surface area contributed by atoms with Crippen molar-refractivity contribution in [3.05, 3.63) is 46.6 Å². The van der Waals surface area contributed by atoms with Gasteiger partial charge in [0.2, 0.25) is 0 Å². The molecule has 0 saturated heterocycles. The molecule has 1 aromatic carbocycles. The highest BCUT2D eigenvalue weighted by molar-refractivity contribution is 7.15. The number of benzene rings is 1. The van der Waals surface area contributed by atoms with E-state index in [0.717, 1.165) is 16.3 Å². The van der Waals surface area contributed by atoms with Gasteiger partial charge in [-0.05, 0) is 18.1 Å². The first-order valence-electron chi connectivity index (χ1n) is 6.31. The van der Waals surface area contributed by atoms with E-state index in [0.29, 0.717) is 16.8 Å². The van der Waals surface area contributed by atoms with Crippen LogP contribution in [0.4, 0.5) is 0 Å². The lowest BCUT2D eigenvalue weighted by Gasteiger charge is -2.05. The highest BCUT2D eigenvalue weighted by atomic mass is 35.5. The van der Waals surface area contributed by atoms with Gasteiger partial charge in [0.15, 0.2) is 5.01 Å². The molecule has 0 fully saturated rings. The summed E-state index contributed by atoms with van der Waals surface area (Å²) in [6.07, 6.45) is 3.19. The van der Waals surface area contributed by atoms with Crippen molar-refractivity contribution in [2.75, 3.05) is 0 Å². The average Bonchev–Trinajstić information content (AvgIpc) is 3.08. The Hall–Kier alpha value is -1.65. The molecule has 2 aromatic heterocycles. The van der Waals surface area contributed by atoms with Crippen molar-refractivity contribution in [1.29, 1.82) is 0 Å². The third kappa shape index (κ3) is 2.49. The van der Waals surface area contributed by atoms with Gasteiger partial charge in [0.25, 0.3) is 5.89 Å². The maximum atomic E-state index is 6.08. The van der Waals surface area contributed by atoms with E-state index in [1.54, 1.807) is 23.8 Å². The van der Waals surface area contributed by atoms with E-state index in [1.807, 2.05) is 24.3 Å². The monoisotopic (exact) mass is 304 g/mol. The molecule has 0 aliphatic heterocycles. The van der Waals surface area contributed by atoms with Crippen LogP contribution in [0.25, 0.3) is 22.2 Å². The van der Waals surface area contributed by atoms with Crippen molar-refractivity contribution < 1.29 is 4.42 Å². The summed E-state index contributed by atoms with van der Waals surface area (Å²) in [4.78, 5) is 10.1. The number of hydrogen-bond acceptors (Lipinski definition) is 4. The van der Waals surface area contributed by atoms with Crippen molar-refractivity contribution in [1.82, 2.24) is 9.97 Å². The smallest absolute Gasteiger partial charge is 0.255 e. The van der Waals surface area contributed by atoms with E-state index in [1.165, 1.54) is 4.88 Å². The Morgan fingerprint density at radius 3 is 2.80 bits per heavy atom. The van der Waals surface area contributed by atoms with E-state index in [2.05, 4.69) is 23.8 Å². The van der Waals surface area contributed by atoms with Crippen LogP contribution in [0.1, 0.15) is 24.6 Å². The normalized spacial score (nSPS) is 11.2. The van der Waals surface area contributed by atoms with E-state index >= 15 is 0 Å². The Balaban J connectivity index is 2.14. The van der Waals surface area contributed by atoms with Gasteiger partial charge in [-0.15, -0.1) is 11.3 Å². The summed E-state index contributed by atoms with van der Waals surface area (Å²) in [6.45, 7) is 4.31. The largest absolute Gasteiger partial charge is 0.443 e. The molecule has 0 bridgehead atoms. The molecule has 0 spiro atoms. The summed E-state index contributed by atoms with van der Waals surface area (Å²) in [5, 5.41) is 1.51. The second-order valence-electron chi connectivity index (χ2n) is 4.73. The van der Waals surface area contributed by atoms with Gasteiger partial charge in [-0.3, -0.25) is 0 Å². The van der Waals surface area contributed by atoms with Crippen LogP contribution >= 0.6 is 22.9 Å². The van der Waals surface area contributed by atoms with Crippen LogP contribution < -0.4 is 0 Å². The van der Waals surface area contributed by atoms with E-state index < -0.39 is 0 Å². The lowest BCUT2D eigenvalue weighted by atomic mass is 10.1. The first-order valence-corrected chi connectivity index (χ1v) is 7.51. The number of hydrogen-bond donors (Lipinski definition) is 0. The minimum absolute atomic E-state index is 0.380. The molecule has 0 saturated carbocycles. The number of halogens is 1. The van der Waals surface area contributed by atoms with Gasteiger partial charge in [-0.2, -0.15) is 0 Å². The molecule has 3 aromatic rings. The van der Waals surface area contributed by atoms with Crippen LogP contribution in [0.2, 0.25) is 5.02 Å². The van der Waals surface area contributed by atoms with E-state index in [-0.39, 0.29) is 0 Å². The van der Waals surface area contributed by atoms with Crippen LogP contribution in [0.3, 0.4) is 0 Å². The molecule has 102 valence electrons. The molecular formula is C15H13ClN2OS. The zero-order valence-corrected chi connectivity index (χ0v) is 12.7. The minimum Gasteiger partial charge on any atom is -0.443 e. The molecule has 0 atom stereocenters. The molecule has 5 heteroatoms. The van der Waals surface area contributed by atoms with Crippen molar-refractivity contribution in [3.63, 3.8) is 0 Å². The summed E-state index contributed by atoms with van der Waals surface area (Å²) in [5.74, 6) is 0.940. The molecule has 0 aliphatic rings. The second kappa shape index (κ2) is 5.38. The van der Waals surface area contributed by atoms with Crippen molar-refractivity contribution in [2.45, 2.75) is 19.8 Å². The summed E-state index contributed by atoms with van der Waals surface area (Å²) in [7, 11) is 0. The Morgan fingerprint density at radius 2 is 2.15 bits per heavy atom. The maximum Gasteiger partial charge on any atom is 0.255 e. The maximum absolute atomic E-state index is 6.08. The van der Waals surface area contributed by atoms with Crippen LogP contribution in [0.5, 0.6) is 0 Å². The van der Waals surface area contributed by atoms with Gasteiger partial charge < -0.3 is 4.42 Å². The topological polar surface area (TPSA) is 38.9 Å². The van der Waals surface area contributed by atoms with Crippen LogP contribution in [0, 0.1) is 0 Å². The van der Waals surface area contributed by atoms with Crippen LogP contribution in [-0.2, 0) is 0 Å². The van der Waals surface area contributed by atoms with Gasteiger partial charge in [-0.1, -0.05) is 37.6 Å². The fourth-order valence-corrected chi connectivity index (χ4v) is 3.21. The predicted octanol–water partition coefficient (Wildman–Crippen LogP) is 5.24. The van der Waals surface area contributed by atoms with Crippen molar-refractivity contribution in [2.24, 2.45) is 0 Å². The van der Waals surface area contributed by atoms with Crippen LogP contribution in [0.15, 0.2) is 41.1 Å². The zero-order valence-electron chi connectivity index (χ0n) is 11.1. The zero-order chi connectivity index (χ0) is 14.1. The first-order chi connectivity index (χ1) is 9.65. The fraction of sp³-hybridized carbons (Fsp3) is 0.200. The van der Waals surface area contributed by atoms with Gasteiger partial charge in [0.05, 0.1) is 11.9 Å². The van der Waals surface area contributed by atoms with Crippen LogP contribution in [-0.4, -0.2) is 9.97 Å². The molecule has 20 heavy (non-hydrogen) atoms. The molecule has 0 radical (unpaired) electrons. The Bertz CT molecular complexity index is 719. The molecule has 0 amide bonds. The second-order valence-corrected chi connectivity index (χ2v) is 6.20. The molecule has 2 heterocycles. The highest BCUT2D eigenvalue weighted by Crippen LogP contribution is 2.38. The Labute approximate surface area is 126 Å². The van der Waals surface area contributed by atoms with E-state index in [4.69, 9.17) is 16.0 Å². The van der Waals surface area contributed by atoms with Gasteiger partial charge in [-0.25, -0.2) is 9.97 Å². The summed E-state index contributed by atoms with van der Waals surface area (Å²) < 4.78 is 5.34. The molecule has 3 rings (SSSR count). The SMILES string of the molecule is CC(C)c1sc(-c2ncco2)nc1-c1cccc(Cl)c1. The Morgan fingerprint density at radius 1 is 1.30 bits per heavy atom. The predicted molar refractivity (Wildman–Crippen MR) is 82.1 cm³/mol. The van der Waals surface area contributed by atoms with E-state index in [9.17, 15) is 0 Å². The lowest BCUT2D eigenvalue weighted by Crippen LogP contribution is -1.88. The third-order valence-electron chi connectivity index (χ3n) is 2.89. The quantitative estimate of drug-likeness (QED) is 0.664. The molecule has 3 nitrogen and oxygen atoms in total. The summed E-state index contributed by atoms with van der Waals surface area (Å²) >= 11 is 7.69. The Kier molecular flexibility index (Phi) is 3.59. The summed E-state index contributed by atoms with van der Waals surface area (Å²) in [6, 6.07) is 7.75. The standard InChI is InChI=1S/C15H13ClN2OS/c1-9(2)13-12(10-4-3-5-11(16)8-10)18-15(20-13)14-17-6-7-19-14/h3-9H,1-2H3. The van der Waals surface area contributed by atoms with Gasteiger partial charge in [0.1, 0.15) is 6.26 Å². The number of aromatic nitrogens is 2. The molecule has 0 aliphatic carbocycles. The minimum atomic E-state index is 0.380. The average molecular weight is 305 g/mol. The molecule has 0 unspecified atom stereocenters. The third-order valence-corrected chi connectivity index (χ3v) is 4.47. The molecule has 0 N–H and O–H groups in total. The highest BCUT2D eigenvalue weighted by Gasteiger charge is 2.18. The van der Waals surface area contributed by atoms with Gasteiger partial charge in [0, 0.05) is 15.5 Å². The number of nitrogens with zero attached hydrogens (tertiary/aromatic N) is 2. The first kappa shape index (κ1) is 13.3. The summed E-state index contributed by atoms with van der Waals surface area (Å²) in [5.41, 5.74) is 1.98. The van der Waals surface area contributed by atoms with Crippen molar-refractivity contribution in [3.8, 4) is 22.2 Å². The number of thiazole rings is 1. The number of rotatable bonds is 3. The number of oxazole rings is 1. The molecular weight excluding hydrogens is 292 g/mol. The fourth-order valence-electron chi connectivity index (χ4n) is 1.99. The van der Waals surface area contributed by atoms with Gasteiger partial charge >= 0.3 is 0 Å².